The average molecular weight is 251 g/mol. The summed E-state index contributed by atoms with van der Waals surface area (Å²) in [6.07, 6.45) is 0.588. The third-order valence-corrected chi connectivity index (χ3v) is 2.81. The van der Waals surface area contributed by atoms with E-state index in [1.807, 2.05) is 19.9 Å². The van der Waals surface area contributed by atoms with Crippen molar-refractivity contribution in [2.24, 2.45) is 5.92 Å². The number of aryl methyl sites for hydroxylation is 1. The van der Waals surface area contributed by atoms with Crippen LogP contribution < -0.4 is 5.32 Å². The number of aliphatic carboxylic acids is 1. The first kappa shape index (κ1) is 14.4. The molecule has 0 saturated heterocycles. The minimum Gasteiger partial charge on any atom is -0.481 e. The van der Waals surface area contributed by atoms with Gasteiger partial charge in [-0.15, -0.1) is 0 Å². The molecule has 18 heavy (non-hydrogen) atoms. The summed E-state index contributed by atoms with van der Waals surface area (Å²) in [5.41, 5.74) is 1.85. The van der Waals surface area contributed by atoms with E-state index in [1.165, 1.54) is 0 Å². The van der Waals surface area contributed by atoms with Gasteiger partial charge in [-0.25, -0.2) is 9.97 Å². The summed E-state index contributed by atoms with van der Waals surface area (Å²) in [6.45, 7) is 8.26. The highest BCUT2D eigenvalue weighted by molar-refractivity contribution is 5.70. The molecule has 100 valence electrons. The summed E-state index contributed by atoms with van der Waals surface area (Å²) in [4.78, 5) is 19.6. The molecule has 1 aromatic rings. The molecule has 1 aromatic heterocycles. The van der Waals surface area contributed by atoms with Crippen molar-refractivity contribution in [3.63, 3.8) is 0 Å². The molecule has 2 N–H and O–H groups in total. The first-order valence-electron chi connectivity index (χ1n) is 6.26. The van der Waals surface area contributed by atoms with Gasteiger partial charge in [-0.3, -0.25) is 4.79 Å². The first-order chi connectivity index (χ1) is 8.43. The van der Waals surface area contributed by atoms with Crippen LogP contribution in [0.15, 0.2) is 6.07 Å². The van der Waals surface area contributed by atoms with Gasteiger partial charge in [-0.2, -0.15) is 0 Å². The Morgan fingerprint density at radius 1 is 1.44 bits per heavy atom. The van der Waals surface area contributed by atoms with Crippen LogP contribution in [-0.2, 0) is 4.79 Å². The first-order valence-corrected chi connectivity index (χ1v) is 6.26. The van der Waals surface area contributed by atoms with Gasteiger partial charge >= 0.3 is 5.97 Å². The summed E-state index contributed by atoms with van der Waals surface area (Å²) in [5, 5.41) is 12.0. The molecule has 0 aromatic carbocycles. The van der Waals surface area contributed by atoms with E-state index in [9.17, 15) is 4.79 Å². The fourth-order valence-electron chi connectivity index (χ4n) is 1.59. The Morgan fingerprint density at radius 2 is 2.11 bits per heavy atom. The van der Waals surface area contributed by atoms with Gasteiger partial charge < -0.3 is 10.4 Å². The van der Waals surface area contributed by atoms with Crippen LogP contribution in [0.5, 0.6) is 0 Å². The molecule has 0 saturated carbocycles. The molecule has 0 amide bonds. The number of nitrogens with one attached hydrogen (secondary N) is 1. The van der Waals surface area contributed by atoms with E-state index in [0.717, 1.165) is 11.4 Å². The van der Waals surface area contributed by atoms with E-state index >= 15 is 0 Å². The maximum atomic E-state index is 10.9. The van der Waals surface area contributed by atoms with Crippen molar-refractivity contribution in [3.05, 3.63) is 17.5 Å². The third kappa shape index (κ3) is 3.98. The van der Waals surface area contributed by atoms with Crippen LogP contribution in [0.3, 0.4) is 0 Å². The molecule has 1 heterocycles. The molecule has 0 aliphatic carbocycles. The monoisotopic (exact) mass is 251 g/mol. The zero-order valence-electron chi connectivity index (χ0n) is 11.4. The number of carbonyl (C=O) groups is 1. The number of rotatable bonds is 6. The number of carboxylic acid groups (broad SMARTS) is 1. The highest BCUT2D eigenvalue weighted by atomic mass is 16.4. The summed E-state index contributed by atoms with van der Waals surface area (Å²) >= 11 is 0. The highest BCUT2D eigenvalue weighted by Crippen LogP contribution is 2.14. The van der Waals surface area contributed by atoms with Gasteiger partial charge in [0.25, 0.3) is 0 Å². The smallest absolute Gasteiger partial charge is 0.308 e. The molecule has 0 radical (unpaired) electrons. The van der Waals surface area contributed by atoms with Crippen molar-refractivity contribution in [2.75, 3.05) is 11.9 Å². The van der Waals surface area contributed by atoms with Crippen molar-refractivity contribution < 1.29 is 9.90 Å². The van der Waals surface area contributed by atoms with Gasteiger partial charge in [0.2, 0.25) is 5.95 Å². The van der Waals surface area contributed by atoms with Crippen LogP contribution in [0.25, 0.3) is 0 Å². The lowest BCUT2D eigenvalue weighted by Gasteiger charge is -2.13. The fourth-order valence-corrected chi connectivity index (χ4v) is 1.59. The van der Waals surface area contributed by atoms with Crippen LogP contribution in [0.2, 0.25) is 0 Å². The average Bonchev–Trinajstić information content (AvgIpc) is 2.28. The summed E-state index contributed by atoms with van der Waals surface area (Å²) in [5.74, 6) is -0.356. The van der Waals surface area contributed by atoms with Crippen molar-refractivity contribution >= 4 is 11.9 Å². The molecular weight excluding hydrogens is 230 g/mol. The lowest BCUT2D eigenvalue weighted by molar-refractivity contribution is -0.141. The standard InChI is InChI=1S/C13H21N3O2/c1-5-10(12(17)18)7-14-13-15-9(4)6-11(16-13)8(2)3/h6,8,10H,5,7H2,1-4H3,(H,17,18)(H,14,15,16). The zero-order valence-corrected chi connectivity index (χ0v) is 11.4. The van der Waals surface area contributed by atoms with E-state index < -0.39 is 11.9 Å². The molecule has 0 aliphatic rings. The van der Waals surface area contributed by atoms with E-state index in [-0.39, 0.29) is 0 Å². The molecule has 1 unspecified atom stereocenters. The largest absolute Gasteiger partial charge is 0.481 e. The van der Waals surface area contributed by atoms with Crippen LogP contribution >= 0.6 is 0 Å². The van der Waals surface area contributed by atoms with Crippen molar-refractivity contribution in [3.8, 4) is 0 Å². The SMILES string of the molecule is CCC(CNc1nc(C)cc(C(C)C)n1)C(=O)O. The lowest BCUT2D eigenvalue weighted by Crippen LogP contribution is -2.23. The predicted octanol–water partition coefficient (Wildman–Crippen LogP) is 2.43. The summed E-state index contributed by atoms with van der Waals surface area (Å²) in [6, 6.07) is 1.95. The second-order valence-corrected chi connectivity index (χ2v) is 4.74. The Hall–Kier alpha value is -1.65. The van der Waals surface area contributed by atoms with Gasteiger partial charge in [0.1, 0.15) is 0 Å². The Bertz CT molecular complexity index is 419. The Labute approximate surface area is 108 Å². The lowest BCUT2D eigenvalue weighted by atomic mass is 10.1. The van der Waals surface area contributed by atoms with Crippen LogP contribution in [0.1, 0.15) is 44.5 Å². The molecule has 5 nitrogen and oxygen atoms in total. The van der Waals surface area contributed by atoms with Gasteiger partial charge in [0.15, 0.2) is 0 Å². The van der Waals surface area contributed by atoms with Crippen LogP contribution in [0, 0.1) is 12.8 Å². The normalized spacial score (nSPS) is 12.5. The van der Waals surface area contributed by atoms with Gasteiger partial charge in [0, 0.05) is 17.9 Å². The topological polar surface area (TPSA) is 75.1 Å². The van der Waals surface area contributed by atoms with Gasteiger partial charge in [-0.1, -0.05) is 20.8 Å². The molecule has 5 heteroatoms. The van der Waals surface area contributed by atoms with E-state index in [1.54, 1.807) is 0 Å². The number of aromatic nitrogens is 2. The molecule has 0 bridgehead atoms. The Balaban J connectivity index is 2.75. The summed E-state index contributed by atoms with van der Waals surface area (Å²) < 4.78 is 0. The van der Waals surface area contributed by atoms with E-state index in [2.05, 4.69) is 29.1 Å². The van der Waals surface area contributed by atoms with E-state index in [0.29, 0.717) is 24.8 Å². The highest BCUT2D eigenvalue weighted by Gasteiger charge is 2.15. The Kier molecular flexibility index (Phi) is 5.07. The molecule has 1 atom stereocenters. The van der Waals surface area contributed by atoms with Crippen molar-refractivity contribution in [1.82, 2.24) is 9.97 Å². The fraction of sp³-hybridized carbons (Fsp3) is 0.615. The Morgan fingerprint density at radius 3 is 2.61 bits per heavy atom. The van der Waals surface area contributed by atoms with Gasteiger partial charge in [-0.05, 0) is 25.3 Å². The second-order valence-electron chi connectivity index (χ2n) is 4.74. The molecule has 0 spiro atoms. The zero-order chi connectivity index (χ0) is 13.7. The number of nitrogens with zero attached hydrogens (tertiary/aromatic N) is 2. The second kappa shape index (κ2) is 6.33. The van der Waals surface area contributed by atoms with Crippen LogP contribution in [0.4, 0.5) is 5.95 Å². The van der Waals surface area contributed by atoms with E-state index in [4.69, 9.17) is 5.11 Å². The summed E-state index contributed by atoms with van der Waals surface area (Å²) in [7, 11) is 0. The number of carboxylic acids is 1. The maximum Gasteiger partial charge on any atom is 0.308 e. The number of hydrogen-bond acceptors (Lipinski definition) is 4. The quantitative estimate of drug-likeness (QED) is 0.812. The molecule has 1 rings (SSSR count). The van der Waals surface area contributed by atoms with Gasteiger partial charge in [0.05, 0.1) is 5.92 Å². The molecule has 0 aliphatic heterocycles. The van der Waals surface area contributed by atoms with Crippen molar-refractivity contribution in [2.45, 2.75) is 40.0 Å². The predicted molar refractivity (Wildman–Crippen MR) is 70.8 cm³/mol. The van der Waals surface area contributed by atoms with Crippen LogP contribution in [-0.4, -0.2) is 27.6 Å². The number of anilines is 1. The molecule has 0 fully saturated rings. The third-order valence-electron chi connectivity index (χ3n) is 2.81. The van der Waals surface area contributed by atoms with Crippen molar-refractivity contribution in [1.29, 1.82) is 0 Å². The molecular formula is C13H21N3O2. The minimum absolute atomic E-state index is 0.327. The maximum absolute atomic E-state index is 10.9. The minimum atomic E-state index is -0.790. The number of hydrogen-bond donors (Lipinski definition) is 2.